The Labute approximate surface area is 156 Å². The van der Waals surface area contributed by atoms with Gasteiger partial charge in [-0.1, -0.05) is 49.4 Å². The topological polar surface area (TPSA) is 47.6 Å². The molecule has 0 aromatic heterocycles. The van der Waals surface area contributed by atoms with E-state index in [1.54, 1.807) is 0 Å². The first-order valence-corrected chi connectivity index (χ1v) is 9.23. The van der Waals surface area contributed by atoms with Crippen LogP contribution < -0.4 is 10.1 Å². The number of nitrogens with one attached hydrogen (secondary N) is 1. The first-order chi connectivity index (χ1) is 12.7. The lowest BCUT2D eigenvalue weighted by Gasteiger charge is -2.13. The molecule has 2 rings (SSSR count). The number of hydrogen-bond donors (Lipinski definition) is 1. The van der Waals surface area contributed by atoms with Crippen molar-refractivity contribution in [2.45, 2.75) is 32.1 Å². The van der Waals surface area contributed by atoms with Gasteiger partial charge in [0.25, 0.3) is 0 Å². The molecule has 26 heavy (non-hydrogen) atoms. The number of ether oxygens (including phenoxy) is 2. The molecule has 1 N–H and O–H groups in total. The van der Waals surface area contributed by atoms with Crippen molar-refractivity contribution in [2.75, 3.05) is 26.8 Å². The predicted molar refractivity (Wildman–Crippen MR) is 105 cm³/mol. The van der Waals surface area contributed by atoms with Gasteiger partial charge in [-0.3, -0.25) is 4.79 Å². The SMILES string of the molecule is COC(=O)Cc1cccc(OCCCCNC[C@@H](C)c2ccccc2)c1. The van der Waals surface area contributed by atoms with Crippen molar-refractivity contribution >= 4 is 5.97 Å². The van der Waals surface area contributed by atoms with Gasteiger partial charge >= 0.3 is 5.97 Å². The molecule has 2 aromatic carbocycles. The molecule has 4 heteroatoms. The lowest BCUT2D eigenvalue weighted by molar-refractivity contribution is -0.139. The summed E-state index contributed by atoms with van der Waals surface area (Å²) in [7, 11) is 1.40. The van der Waals surface area contributed by atoms with E-state index in [1.807, 2.05) is 24.3 Å². The fourth-order valence-electron chi connectivity index (χ4n) is 2.74. The van der Waals surface area contributed by atoms with Gasteiger partial charge in [0.1, 0.15) is 5.75 Å². The summed E-state index contributed by atoms with van der Waals surface area (Å²) in [6.45, 7) is 4.90. The van der Waals surface area contributed by atoms with Gasteiger partial charge in [0.05, 0.1) is 20.1 Å². The second-order valence-electron chi connectivity index (χ2n) is 6.47. The van der Waals surface area contributed by atoms with E-state index < -0.39 is 0 Å². The van der Waals surface area contributed by atoms with E-state index in [9.17, 15) is 4.79 Å². The van der Waals surface area contributed by atoms with Gasteiger partial charge in [-0.2, -0.15) is 0 Å². The van der Waals surface area contributed by atoms with Crippen LogP contribution >= 0.6 is 0 Å². The third-order valence-electron chi connectivity index (χ3n) is 4.31. The molecular formula is C22H29NO3. The molecule has 0 radical (unpaired) electrons. The Hall–Kier alpha value is -2.33. The predicted octanol–water partition coefficient (Wildman–Crippen LogP) is 3.95. The number of rotatable bonds is 11. The highest BCUT2D eigenvalue weighted by atomic mass is 16.5. The van der Waals surface area contributed by atoms with Crippen LogP contribution in [-0.2, 0) is 16.0 Å². The van der Waals surface area contributed by atoms with E-state index in [0.29, 0.717) is 12.5 Å². The molecule has 0 saturated carbocycles. The van der Waals surface area contributed by atoms with E-state index in [-0.39, 0.29) is 12.4 Å². The van der Waals surface area contributed by atoms with Crippen molar-refractivity contribution in [3.63, 3.8) is 0 Å². The van der Waals surface area contributed by atoms with Crippen molar-refractivity contribution in [3.8, 4) is 5.75 Å². The summed E-state index contributed by atoms with van der Waals surface area (Å²) < 4.78 is 10.5. The second kappa shape index (κ2) is 11.3. The Kier molecular flexibility index (Phi) is 8.70. The third kappa shape index (κ3) is 7.28. The molecule has 0 saturated heterocycles. The van der Waals surface area contributed by atoms with Crippen LogP contribution in [-0.4, -0.2) is 32.8 Å². The minimum atomic E-state index is -0.238. The average Bonchev–Trinajstić information content (AvgIpc) is 2.68. The third-order valence-corrected chi connectivity index (χ3v) is 4.31. The normalized spacial score (nSPS) is 11.8. The highest BCUT2D eigenvalue weighted by Gasteiger charge is 2.05. The van der Waals surface area contributed by atoms with Gasteiger partial charge in [-0.15, -0.1) is 0 Å². The molecule has 1 atom stereocenters. The maximum absolute atomic E-state index is 11.3. The van der Waals surface area contributed by atoms with E-state index in [1.165, 1.54) is 12.7 Å². The Bertz CT molecular complexity index is 657. The largest absolute Gasteiger partial charge is 0.494 e. The van der Waals surface area contributed by atoms with Crippen LogP contribution in [0.5, 0.6) is 5.75 Å². The Balaban J connectivity index is 1.58. The van der Waals surface area contributed by atoms with Gasteiger partial charge in [0, 0.05) is 6.54 Å². The van der Waals surface area contributed by atoms with Gasteiger partial charge in [0.15, 0.2) is 0 Å². The first-order valence-electron chi connectivity index (χ1n) is 9.23. The maximum atomic E-state index is 11.3. The summed E-state index contributed by atoms with van der Waals surface area (Å²) in [5.74, 6) is 1.08. The summed E-state index contributed by atoms with van der Waals surface area (Å²) in [4.78, 5) is 11.3. The van der Waals surface area contributed by atoms with Crippen LogP contribution in [0.4, 0.5) is 0 Å². The highest BCUT2D eigenvalue weighted by Crippen LogP contribution is 2.15. The van der Waals surface area contributed by atoms with E-state index in [2.05, 4.69) is 47.3 Å². The zero-order valence-electron chi connectivity index (χ0n) is 15.7. The van der Waals surface area contributed by atoms with E-state index in [0.717, 1.165) is 37.2 Å². The van der Waals surface area contributed by atoms with Gasteiger partial charge in [0.2, 0.25) is 0 Å². The summed E-state index contributed by atoms with van der Waals surface area (Å²) >= 11 is 0. The van der Waals surface area contributed by atoms with Gasteiger partial charge < -0.3 is 14.8 Å². The van der Waals surface area contributed by atoms with Crippen LogP contribution in [0.1, 0.15) is 36.8 Å². The molecule has 2 aromatic rings. The first kappa shape index (κ1) is 20.0. The quantitative estimate of drug-likeness (QED) is 0.490. The lowest BCUT2D eigenvalue weighted by atomic mass is 10.0. The van der Waals surface area contributed by atoms with Crippen molar-refractivity contribution in [1.82, 2.24) is 5.32 Å². The Morgan fingerprint density at radius 2 is 1.88 bits per heavy atom. The Morgan fingerprint density at radius 3 is 2.65 bits per heavy atom. The van der Waals surface area contributed by atoms with Crippen molar-refractivity contribution < 1.29 is 14.3 Å². The van der Waals surface area contributed by atoms with Crippen LogP contribution in [0, 0.1) is 0 Å². The summed E-state index contributed by atoms with van der Waals surface area (Å²) in [6.07, 6.45) is 2.34. The van der Waals surface area contributed by atoms with Crippen molar-refractivity contribution in [1.29, 1.82) is 0 Å². The maximum Gasteiger partial charge on any atom is 0.309 e. The minimum absolute atomic E-state index is 0.238. The summed E-state index contributed by atoms with van der Waals surface area (Å²) in [6, 6.07) is 18.2. The standard InChI is InChI=1S/C22H29NO3/c1-18(20-10-4-3-5-11-20)17-23-13-6-7-14-26-21-12-8-9-19(15-21)16-22(24)25-2/h3-5,8-12,15,18,23H,6-7,13-14,16-17H2,1-2H3/t18-/m1/s1. The molecular weight excluding hydrogens is 326 g/mol. The van der Waals surface area contributed by atoms with Crippen LogP contribution in [0.3, 0.4) is 0 Å². The molecule has 140 valence electrons. The van der Waals surface area contributed by atoms with Crippen molar-refractivity contribution in [2.24, 2.45) is 0 Å². The van der Waals surface area contributed by atoms with Gasteiger partial charge in [-0.25, -0.2) is 0 Å². The van der Waals surface area contributed by atoms with Crippen LogP contribution in [0.15, 0.2) is 54.6 Å². The number of carbonyl (C=O) groups excluding carboxylic acids is 1. The molecule has 0 unspecified atom stereocenters. The lowest BCUT2D eigenvalue weighted by Crippen LogP contribution is -2.21. The molecule has 0 aliphatic carbocycles. The fraction of sp³-hybridized carbons (Fsp3) is 0.409. The highest BCUT2D eigenvalue weighted by molar-refractivity contribution is 5.72. The summed E-state index contributed by atoms with van der Waals surface area (Å²) in [5.41, 5.74) is 2.28. The Morgan fingerprint density at radius 1 is 1.08 bits per heavy atom. The second-order valence-corrected chi connectivity index (χ2v) is 6.47. The number of benzene rings is 2. The monoisotopic (exact) mass is 355 g/mol. The number of carbonyl (C=O) groups is 1. The minimum Gasteiger partial charge on any atom is -0.494 e. The number of methoxy groups -OCH3 is 1. The number of hydrogen-bond acceptors (Lipinski definition) is 4. The summed E-state index contributed by atoms with van der Waals surface area (Å²) in [5, 5.41) is 3.51. The molecule has 0 bridgehead atoms. The molecule has 4 nitrogen and oxygen atoms in total. The average molecular weight is 355 g/mol. The fourth-order valence-corrected chi connectivity index (χ4v) is 2.74. The van der Waals surface area contributed by atoms with Gasteiger partial charge in [-0.05, 0) is 48.6 Å². The molecule has 0 heterocycles. The molecule has 0 aliphatic rings. The van der Waals surface area contributed by atoms with E-state index in [4.69, 9.17) is 4.74 Å². The van der Waals surface area contributed by atoms with Crippen LogP contribution in [0.2, 0.25) is 0 Å². The van der Waals surface area contributed by atoms with Crippen molar-refractivity contribution in [3.05, 3.63) is 65.7 Å². The smallest absolute Gasteiger partial charge is 0.309 e. The number of unbranched alkanes of at least 4 members (excludes halogenated alkanes) is 1. The zero-order chi connectivity index (χ0) is 18.6. The number of esters is 1. The molecule has 0 fully saturated rings. The zero-order valence-corrected chi connectivity index (χ0v) is 15.7. The molecule has 0 spiro atoms. The van der Waals surface area contributed by atoms with E-state index >= 15 is 0 Å². The van der Waals surface area contributed by atoms with Crippen LogP contribution in [0.25, 0.3) is 0 Å². The molecule has 0 aliphatic heterocycles. The molecule has 0 amide bonds.